The minimum absolute atomic E-state index is 0.0798. The molecule has 1 aliphatic heterocycles. The molecule has 0 bridgehead atoms. The van der Waals surface area contributed by atoms with Gasteiger partial charge in [-0.1, -0.05) is 0 Å². The van der Waals surface area contributed by atoms with Crippen LogP contribution < -0.4 is 4.90 Å². The van der Waals surface area contributed by atoms with Crippen LogP contribution in [0.15, 0.2) is 4.52 Å². The fourth-order valence-corrected chi connectivity index (χ4v) is 2.19. The van der Waals surface area contributed by atoms with Crippen molar-refractivity contribution in [3.63, 3.8) is 0 Å². The second kappa shape index (κ2) is 5.14. The molecule has 0 radical (unpaired) electrons. The Morgan fingerprint density at radius 2 is 2.33 bits per heavy atom. The summed E-state index contributed by atoms with van der Waals surface area (Å²) in [7, 11) is 3.68. The van der Waals surface area contributed by atoms with Crippen LogP contribution in [0, 0.1) is 0 Å². The number of carbonyl (C=O) groups is 1. The average molecular weight is 273 g/mol. The Bertz CT molecular complexity index is 432. The van der Waals surface area contributed by atoms with Gasteiger partial charge in [0.05, 0.1) is 0 Å². The summed E-state index contributed by atoms with van der Waals surface area (Å²) in [5.41, 5.74) is 0. The molecule has 1 aromatic rings. The van der Waals surface area contributed by atoms with Gasteiger partial charge in [-0.25, -0.2) is 0 Å². The minimum atomic E-state index is -0.526. The summed E-state index contributed by atoms with van der Waals surface area (Å²) < 4.78 is 5.23. The van der Waals surface area contributed by atoms with Crippen molar-refractivity contribution in [2.45, 2.75) is 31.2 Å². The van der Waals surface area contributed by atoms with Crippen molar-refractivity contribution in [3.8, 4) is 0 Å². The first-order valence-corrected chi connectivity index (χ1v) is 6.40. The molecular weight excluding hydrogens is 256 g/mol. The Balaban J connectivity index is 2.18. The number of aromatic nitrogens is 2. The second-order valence-electron chi connectivity index (χ2n) is 4.63. The number of nitrogens with zero attached hydrogens (tertiary/aromatic N) is 4. The fourth-order valence-electron chi connectivity index (χ4n) is 2.06. The summed E-state index contributed by atoms with van der Waals surface area (Å²) in [5, 5.41) is 3.34. The Morgan fingerprint density at radius 1 is 1.61 bits per heavy atom. The van der Waals surface area contributed by atoms with Crippen LogP contribution in [0.25, 0.3) is 0 Å². The van der Waals surface area contributed by atoms with E-state index in [1.807, 2.05) is 14.1 Å². The van der Waals surface area contributed by atoms with E-state index >= 15 is 0 Å². The molecule has 2 heterocycles. The molecule has 1 saturated heterocycles. The number of hydrogen-bond acceptors (Lipinski definition) is 5. The van der Waals surface area contributed by atoms with E-state index in [4.69, 9.17) is 16.1 Å². The molecule has 1 fully saturated rings. The van der Waals surface area contributed by atoms with Crippen molar-refractivity contribution in [2.24, 2.45) is 0 Å². The fraction of sp³-hybridized carbons (Fsp3) is 0.727. The number of anilines is 1. The maximum Gasteiger partial charge on any atom is 0.265 e. The van der Waals surface area contributed by atoms with E-state index in [0.29, 0.717) is 18.4 Å². The quantitative estimate of drug-likeness (QED) is 0.779. The van der Waals surface area contributed by atoms with Crippen LogP contribution in [-0.2, 0) is 4.79 Å². The lowest BCUT2D eigenvalue weighted by molar-refractivity contribution is -0.131. The molecule has 0 N–H and O–H groups in total. The second-order valence-corrected chi connectivity index (χ2v) is 5.29. The lowest BCUT2D eigenvalue weighted by Crippen LogP contribution is -2.35. The van der Waals surface area contributed by atoms with E-state index in [0.717, 1.165) is 12.8 Å². The summed E-state index contributed by atoms with van der Waals surface area (Å²) in [5.74, 6) is 0.925. The number of likely N-dealkylation sites (tertiary alicyclic amines) is 1. The maximum atomic E-state index is 12.0. The molecule has 0 spiro atoms. The zero-order valence-corrected chi connectivity index (χ0v) is 11.5. The van der Waals surface area contributed by atoms with Crippen molar-refractivity contribution in [1.82, 2.24) is 15.0 Å². The first kappa shape index (κ1) is 13.1. The molecule has 100 valence electrons. The zero-order valence-electron chi connectivity index (χ0n) is 10.8. The van der Waals surface area contributed by atoms with Crippen molar-refractivity contribution >= 4 is 23.5 Å². The highest BCUT2D eigenvalue weighted by atomic mass is 35.5. The molecule has 0 aromatic carbocycles. The Morgan fingerprint density at radius 3 is 2.89 bits per heavy atom. The first-order valence-electron chi connectivity index (χ1n) is 5.96. The average Bonchev–Trinajstić information content (AvgIpc) is 2.96. The largest absolute Gasteiger partial charge is 0.344 e. The summed E-state index contributed by atoms with van der Waals surface area (Å²) in [6.07, 6.45) is 1.77. The van der Waals surface area contributed by atoms with Crippen LogP contribution in [-0.4, -0.2) is 47.0 Å². The Kier molecular flexibility index (Phi) is 3.75. The van der Waals surface area contributed by atoms with E-state index in [1.165, 1.54) is 0 Å². The van der Waals surface area contributed by atoms with Gasteiger partial charge in [-0.15, -0.1) is 11.6 Å². The summed E-state index contributed by atoms with van der Waals surface area (Å²) in [6, 6.07) is -0.139. The van der Waals surface area contributed by atoms with Crippen molar-refractivity contribution in [2.75, 3.05) is 25.5 Å². The molecular formula is C11H17ClN4O2. The van der Waals surface area contributed by atoms with Crippen molar-refractivity contribution in [1.29, 1.82) is 0 Å². The van der Waals surface area contributed by atoms with E-state index < -0.39 is 5.38 Å². The lowest BCUT2D eigenvalue weighted by atomic mass is 10.2. The molecule has 2 rings (SSSR count). The zero-order chi connectivity index (χ0) is 13.3. The van der Waals surface area contributed by atoms with Crippen LogP contribution >= 0.6 is 11.6 Å². The highest BCUT2D eigenvalue weighted by Gasteiger charge is 2.35. The number of rotatable bonds is 3. The van der Waals surface area contributed by atoms with Gasteiger partial charge in [-0.3, -0.25) is 4.79 Å². The van der Waals surface area contributed by atoms with Gasteiger partial charge in [0, 0.05) is 20.6 Å². The number of carbonyl (C=O) groups excluding carboxylic acids is 1. The first-order chi connectivity index (χ1) is 8.50. The third-order valence-electron chi connectivity index (χ3n) is 2.99. The Hall–Kier alpha value is -1.30. The number of alkyl halides is 1. The minimum Gasteiger partial charge on any atom is -0.344 e. The molecule has 0 aliphatic carbocycles. The smallest absolute Gasteiger partial charge is 0.265 e. The predicted molar refractivity (Wildman–Crippen MR) is 67.6 cm³/mol. The van der Waals surface area contributed by atoms with E-state index in [2.05, 4.69) is 10.1 Å². The van der Waals surface area contributed by atoms with Crippen LogP contribution in [0.4, 0.5) is 5.95 Å². The topological polar surface area (TPSA) is 62.5 Å². The number of halogens is 1. The molecule has 0 saturated carbocycles. The summed E-state index contributed by atoms with van der Waals surface area (Å²) in [4.78, 5) is 19.7. The molecule has 1 aliphatic rings. The van der Waals surface area contributed by atoms with Crippen molar-refractivity contribution < 1.29 is 9.32 Å². The van der Waals surface area contributed by atoms with Crippen LogP contribution in [0.2, 0.25) is 0 Å². The third kappa shape index (κ3) is 2.43. The van der Waals surface area contributed by atoms with Crippen LogP contribution in [0.5, 0.6) is 0 Å². The monoisotopic (exact) mass is 272 g/mol. The highest BCUT2D eigenvalue weighted by Crippen LogP contribution is 2.32. The van der Waals surface area contributed by atoms with E-state index in [1.54, 1.807) is 16.7 Å². The lowest BCUT2D eigenvalue weighted by Gasteiger charge is -2.22. The van der Waals surface area contributed by atoms with Crippen LogP contribution in [0.3, 0.4) is 0 Å². The van der Waals surface area contributed by atoms with Gasteiger partial charge < -0.3 is 14.3 Å². The van der Waals surface area contributed by atoms with E-state index in [-0.39, 0.29) is 11.9 Å². The third-order valence-corrected chi connectivity index (χ3v) is 3.18. The van der Waals surface area contributed by atoms with Gasteiger partial charge in [0.15, 0.2) is 0 Å². The normalized spacial score (nSPS) is 21.1. The SMILES string of the molecule is CC(Cl)C(=O)N1CCCC1c1nc(N(C)C)no1. The molecule has 1 aromatic heterocycles. The molecule has 2 atom stereocenters. The number of hydrogen-bond donors (Lipinski definition) is 0. The predicted octanol–water partition coefficient (Wildman–Crippen LogP) is 1.43. The number of amides is 1. The summed E-state index contributed by atoms with van der Waals surface area (Å²) >= 11 is 5.85. The van der Waals surface area contributed by atoms with Gasteiger partial charge in [0.25, 0.3) is 11.8 Å². The van der Waals surface area contributed by atoms with Crippen LogP contribution in [0.1, 0.15) is 31.7 Å². The maximum absolute atomic E-state index is 12.0. The molecule has 6 nitrogen and oxygen atoms in total. The molecule has 1 amide bonds. The standard InChI is InChI=1S/C11H17ClN4O2/c1-7(12)10(17)16-6-4-5-8(16)9-13-11(14-18-9)15(2)3/h7-8H,4-6H2,1-3H3. The Labute approximate surface area is 111 Å². The molecule has 2 unspecified atom stereocenters. The van der Waals surface area contributed by atoms with Gasteiger partial charge in [0.1, 0.15) is 11.4 Å². The van der Waals surface area contributed by atoms with Gasteiger partial charge in [-0.05, 0) is 24.9 Å². The van der Waals surface area contributed by atoms with Gasteiger partial charge in [0.2, 0.25) is 5.91 Å². The van der Waals surface area contributed by atoms with Gasteiger partial charge >= 0.3 is 0 Å². The molecule has 7 heteroatoms. The summed E-state index contributed by atoms with van der Waals surface area (Å²) in [6.45, 7) is 2.37. The van der Waals surface area contributed by atoms with Crippen molar-refractivity contribution in [3.05, 3.63) is 5.89 Å². The molecule has 18 heavy (non-hydrogen) atoms. The highest BCUT2D eigenvalue weighted by molar-refractivity contribution is 6.30. The van der Waals surface area contributed by atoms with E-state index in [9.17, 15) is 4.79 Å². The van der Waals surface area contributed by atoms with Gasteiger partial charge in [-0.2, -0.15) is 4.98 Å².